The van der Waals surface area contributed by atoms with Crippen LogP contribution in [0.4, 0.5) is 11.4 Å². The second-order valence-corrected chi connectivity index (χ2v) is 5.60. The van der Waals surface area contributed by atoms with E-state index >= 15 is 0 Å². The van der Waals surface area contributed by atoms with E-state index in [-0.39, 0.29) is 0 Å². The zero-order chi connectivity index (χ0) is 13.1. The van der Waals surface area contributed by atoms with E-state index in [4.69, 9.17) is 0 Å². The number of halogens is 1. The van der Waals surface area contributed by atoms with Crippen LogP contribution >= 0.6 is 15.9 Å². The zero-order valence-corrected chi connectivity index (χ0v) is 12.2. The molecule has 0 saturated heterocycles. The molecule has 0 radical (unpaired) electrons. The topological polar surface area (TPSA) is 28.2 Å². The monoisotopic (exact) mass is 317 g/mol. The van der Waals surface area contributed by atoms with Crippen LogP contribution in [-0.2, 0) is 6.54 Å². The van der Waals surface area contributed by atoms with Gasteiger partial charge in [0.1, 0.15) is 0 Å². The normalized spacial score (nSPS) is 14.5. The van der Waals surface area contributed by atoms with Crippen LogP contribution in [0.5, 0.6) is 0 Å². The van der Waals surface area contributed by atoms with E-state index in [9.17, 15) is 0 Å². The predicted octanol–water partition coefficient (Wildman–Crippen LogP) is 3.67. The van der Waals surface area contributed by atoms with Crippen molar-refractivity contribution < 1.29 is 0 Å². The summed E-state index contributed by atoms with van der Waals surface area (Å²) >= 11 is 3.42. The third-order valence-corrected chi connectivity index (χ3v) is 3.78. The van der Waals surface area contributed by atoms with E-state index in [0.717, 1.165) is 36.2 Å². The van der Waals surface area contributed by atoms with Crippen LogP contribution in [0.2, 0.25) is 0 Å². The molecule has 3 nitrogen and oxygen atoms in total. The zero-order valence-electron chi connectivity index (χ0n) is 10.6. The average molecular weight is 318 g/mol. The maximum absolute atomic E-state index is 4.47. The number of pyridine rings is 1. The third kappa shape index (κ3) is 2.89. The Balaban J connectivity index is 1.86. The Morgan fingerprint density at radius 2 is 2.11 bits per heavy atom. The summed E-state index contributed by atoms with van der Waals surface area (Å²) in [5.41, 5.74) is 3.58. The molecule has 1 aromatic carbocycles. The minimum Gasteiger partial charge on any atom is -0.383 e. The van der Waals surface area contributed by atoms with E-state index in [1.54, 1.807) is 0 Å². The van der Waals surface area contributed by atoms with Crippen molar-refractivity contribution in [1.29, 1.82) is 0 Å². The number of nitrogens with one attached hydrogen (secondary N) is 1. The van der Waals surface area contributed by atoms with Crippen molar-refractivity contribution in [2.75, 3.05) is 23.3 Å². The van der Waals surface area contributed by atoms with Gasteiger partial charge in [0.25, 0.3) is 0 Å². The van der Waals surface area contributed by atoms with Crippen molar-refractivity contribution in [3.63, 3.8) is 0 Å². The number of para-hydroxylation sites is 2. The van der Waals surface area contributed by atoms with Gasteiger partial charge in [0, 0.05) is 23.8 Å². The Bertz CT molecular complexity index is 554. The van der Waals surface area contributed by atoms with Crippen molar-refractivity contribution in [2.45, 2.75) is 13.0 Å². The maximum Gasteiger partial charge on any atom is 0.0605 e. The SMILES string of the molecule is Brc1ccc(CN2CCCNc3ccccc32)nc1. The lowest BCUT2D eigenvalue weighted by molar-refractivity contribution is 0.751. The molecule has 0 unspecified atom stereocenters. The van der Waals surface area contributed by atoms with Gasteiger partial charge in [-0.2, -0.15) is 0 Å². The summed E-state index contributed by atoms with van der Waals surface area (Å²) in [4.78, 5) is 6.86. The molecule has 0 aliphatic carbocycles. The summed E-state index contributed by atoms with van der Waals surface area (Å²) in [6.45, 7) is 2.94. The van der Waals surface area contributed by atoms with Gasteiger partial charge < -0.3 is 10.2 Å². The van der Waals surface area contributed by atoms with Gasteiger partial charge in [0.05, 0.1) is 23.6 Å². The number of nitrogens with zero attached hydrogens (tertiary/aromatic N) is 2. The Morgan fingerprint density at radius 1 is 1.21 bits per heavy atom. The molecule has 4 heteroatoms. The first-order valence-corrected chi connectivity index (χ1v) is 7.30. The first kappa shape index (κ1) is 12.5. The fraction of sp³-hybridized carbons (Fsp3) is 0.267. The number of rotatable bonds is 2. The van der Waals surface area contributed by atoms with E-state index in [0.29, 0.717) is 0 Å². The van der Waals surface area contributed by atoms with Crippen LogP contribution in [0, 0.1) is 0 Å². The van der Waals surface area contributed by atoms with E-state index in [2.05, 4.69) is 61.5 Å². The molecule has 0 fully saturated rings. The van der Waals surface area contributed by atoms with E-state index in [1.807, 2.05) is 12.3 Å². The van der Waals surface area contributed by atoms with Crippen molar-refractivity contribution >= 4 is 27.3 Å². The number of hydrogen-bond donors (Lipinski definition) is 1. The Morgan fingerprint density at radius 3 is 2.95 bits per heavy atom. The number of fused-ring (bicyclic) bond motifs is 1. The van der Waals surface area contributed by atoms with Crippen molar-refractivity contribution in [1.82, 2.24) is 4.98 Å². The molecule has 0 bridgehead atoms. The molecule has 3 rings (SSSR count). The highest BCUT2D eigenvalue weighted by atomic mass is 79.9. The summed E-state index contributed by atoms with van der Waals surface area (Å²) < 4.78 is 1.02. The first-order chi connectivity index (χ1) is 9.33. The van der Waals surface area contributed by atoms with E-state index < -0.39 is 0 Å². The van der Waals surface area contributed by atoms with Gasteiger partial charge in [0.2, 0.25) is 0 Å². The number of hydrogen-bond acceptors (Lipinski definition) is 3. The second kappa shape index (κ2) is 5.61. The van der Waals surface area contributed by atoms with Crippen molar-refractivity contribution in [3.8, 4) is 0 Å². The molecule has 98 valence electrons. The molecule has 1 N–H and O–H groups in total. The van der Waals surface area contributed by atoms with Crippen molar-refractivity contribution in [3.05, 3.63) is 52.8 Å². The number of anilines is 2. The smallest absolute Gasteiger partial charge is 0.0605 e. The molecule has 1 aliphatic heterocycles. The lowest BCUT2D eigenvalue weighted by Crippen LogP contribution is -2.23. The average Bonchev–Trinajstić information content (AvgIpc) is 2.64. The highest BCUT2D eigenvalue weighted by Crippen LogP contribution is 2.29. The molecule has 0 spiro atoms. The quantitative estimate of drug-likeness (QED) is 0.916. The van der Waals surface area contributed by atoms with Crippen LogP contribution in [-0.4, -0.2) is 18.1 Å². The van der Waals surface area contributed by atoms with Gasteiger partial charge in [0.15, 0.2) is 0 Å². The third-order valence-electron chi connectivity index (χ3n) is 3.31. The summed E-state index contributed by atoms with van der Waals surface area (Å²) in [7, 11) is 0. The molecule has 1 aliphatic rings. The fourth-order valence-corrected chi connectivity index (χ4v) is 2.61. The summed E-state index contributed by atoms with van der Waals surface area (Å²) in [6.07, 6.45) is 3.00. The molecule has 2 heterocycles. The van der Waals surface area contributed by atoms with Gasteiger partial charge in [-0.15, -0.1) is 0 Å². The largest absolute Gasteiger partial charge is 0.383 e. The Labute approximate surface area is 121 Å². The molecular formula is C15H16BrN3. The number of benzene rings is 1. The number of aromatic nitrogens is 1. The minimum absolute atomic E-state index is 0.853. The van der Waals surface area contributed by atoms with Crippen LogP contribution in [0.1, 0.15) is 12.1 Å². The van der Waals surface area contributed by atoms with Crippen LogP contribution in [0.15, 0.2) is 47.1 Å². The summed E-state index contributed by atoms with van der Waals surface area (Å²) in [5.74, 6) is 0. The molecule has 0 saturated carbocycles. The molecular weight excluding hydrogens is 302 g/mol. The molecule has 19 heavy (non-hydrogen) atoms. The first-order valence-electron chi connectivity index (χ1n) is 6.51. The van der Waals surface area contributed by atoms with Crippen LogP contribution in [0.25, 0.3) is 0 Å². The Kier molecular flexibility index (Phi) is 3.69. The summed E-state index contributed by atoms with van der Waals surface area (Å²) in [6, 6.07) is 12.6. The fourth-order valence-electron chi connectivity index (χ4n) is 2.37. The van der Waals surface area contributed by atoms with Gasteiger partial charge in [-0.3, -0.25) is 4.98 Å². The minimum atomic E-state index is 0.853. The molecule has 2 aromatic rings. The standard InChI is InChI=1S/C15H16BrN3/c16-12-6-7-13(18-10-12)11-19-9-3-8-17-14-4-1-2-5-15(14)19/h1-2,4-7,10,17H,3,8-9,11H2. The van der Waals surface area contributed by atoms with Crippen molar-refractivity contribution in [2.24, 2.45) is 0 Å². The predicted molar refractivity (Wildman–Crippen MR) is 82.5 cm³/mol. The maximum atomic E-state index is 4.47. The lowest BCUT2D eigenvalue weighted by Gasteiger charge is -2.24. The Hall–Kier alpha value is -1.55. The van der Waals surface area contributed by atoms with Gasteiger partial charge in [-0.05, 0) is 46.6 Å². The molecule has 0 amide bonds. The second-order valence-electron chi connectivity index (χ2n) is 4.69. The lowest BCUT2D eigenvalue weighted by atomic mass is 10.2. The molecule has 1 aromatic heterocycles. The van der Waals surface area contributed by atoms with Crippen LogP contribution < -0.4 is 10.2 Å². The van der Waals surface area contributed by atoms with Gasteiger partial charge in [-0.25, -0.2) is 0 Å². The van der Waals surface area contributed by atoms with E-state index in [1.165, 1.54) is 11.4 Å². The van der Waals surface area contributed by atoms with Crippen LogP contribution in [0.3, 0.4) is 0 Å². The van der Waals surface area contributed by atoms with Gasteiger partial charge >= 0.3 is 0 Å². The summed E-state index contributed by atoms with van der Waals surface area (Å²) in [5, 5.41) is 3.48. The highest BCUT2D eigenvalue weighted by molar-refractivity contribution is 9.10. The highest BCUT2D eigenvalue weighted by Gasteiger charge is 2.14. The van der Waals surface area contributed by atoms with Gasteiger partial charge in [-0.1, -0.05) is 12.1 Å². The molecule has 0 atom stereocenters.